The highest BCUT2D eigenvalue weighted by Crippen LogP contribution is 2.27. The van der Waals surface area contributed by atoms with Gasteiger partial charge in [0.15, 0.2) is 0 Å². The van der Waals surface area contributed by atoms with Crippen LogP contribution < -0.4 is 5.32 Å². The second-order valence-corrected chi connectivity index (χ2v) is 6.24. The number of fused-ring (bicyclic) bond motifs is 1. The van der Waals surface area contributed by atoms with Crippen LogP contribution in [0, 0.1) is 6.92 Å². The van der Waals surface area contributed by atoms with E-state index in [4.69, 9.17) is 11.6 Å². The summed E-state index contributed by atoms with van der Waals surface area (Å²) in [4.78, 5) is 4.56. The van der Waals surface area contributed by atoms with Crippen molar-refractivity contribution in [1.82, 2.24) is 4.98 Å². The van der Waals surface area contributed by atoms with Crippen molar-refractivity contribution in [1.29, 1.82) is 0 Å². The largest absolute Gasteiger partial charge is 0.380 e. The number of hydrogen-bond donors (Lipinski definition) is 1. The van der Waals surface area contributed by atoms with Crippen LogP contribution in [0.3, 0.4) is 0 Å². The van der Waals surface area contributed by atoms with E-state index < -0.39 is 0 Å². The summed E-state index contributed by atoms with van der Waals surface area (Å²) in [6, 6.07) is 16.1. The minimum atomic E-state index is 0.708. The normalized spacial score (nSPS) is 10.8. The lowest BCUT2D eigenvalue weighted by molar-refractivity contribution is 1.13. The fourth-order valence-electron chi connectivity index (χ4n) is 2.36. The second-order valence-electron chi connectivity index (χ2n) is 4.92. The summed E-state index contributed by atoms with van der Waals surface area (Å²) < 4.78 is 0.975. The van der Waals surface area contributed by atoms with Gasteiger partial charge in [-0.2, -0.15) is 0 Å². The summed E-state index contributed by atoms with van der Waals surface area (Å²) in [5.74, 6) is 0. The Balaban J connectivity index is 1.91. The molecule has 0 bridgehead atoms. The van der Waals surface area contributed by atoms with Crippen molar-refractivity contribution < 1.29 is 0 Å². The summed E-state index contributed by atoms with van der Waals surface area (Å²) >= 11 is 9.65. The molecule has 0 unspecified atom stereocenters. The molecule has 2 aromatic carbocycles. The van der Waals surface area contributed by atoms with Gasteiger partial charge in [-0.25, -0.2) is 0 Å². The molecule has 0 spiro atoms. The third kappa shape index (κ3) is 3.20. The highest BCUT2D eigenvalue weighted by Gasteiger charge is 2.05. The summed E-state index contributed by atoms with van der Waals surface area (Å²) in [5, 5.41) is 5.27. The van der Waals surface area contributed by atoms with Gasteiger partial charge in [-0.15, -0.1) is 0 Å². The minimum absolute atomic E-state index is 0.708. The maximum absolute atomic E-state index is 6.24. The quantitative estimate of drug-likeness (QED) is 0.659. The number of pyridine rings is 1. The fourth-order valence-corrected chi connectivity index (χ4v) is 3.10. The number of benzene rings is 2. The lowest BCUT2D eigenvalue weighted by Gasteiger charge is -2.11. The number of nitrogens with one attached hydrogen (secondary N) is 1. The Hall–Kier alpha value is -1.58. The van der Waals surface area contributed by atoms with E-state index in [0.29, 0.717) is 11.6 Å². The number of para-hydroxylation sites is 1. The Labute approximate surface area is 137 Å². The minimum Gasteiger partial charge on any atom is -0.380 e. The molecule has 0 aliphatic heterocycles. The number of aromatic nitrogens is 1. The first-order chi connectivity index (χ1) is 10.1. The average molecular weight is 362 g/mol. The van der Waals surface area contributed by atoms with Gasteiger partial charge in [-0.1, -0.05) is 45.7 Å². The Bertz CT molecular complexity index is 802. The van der Waals surface area contributed by atoms with Crippen LogP contribution in [0.1, 0.15) is 11.3 Å². The summed E-state index contributed by atoms with van der Waals surface area (Å²) in [6.45, 7) is 2.73. The van der Waals surface area contributed by atoms with Crippen molar-refractivity contribution in [2.24, 2.45) is 0 Å². The first-order valence-corrected chi connectivity index (χ1v) is 7.85. The van der Waals surface area contributed by atoms with E-state index in [9.17, 15) is 0 Å². The summed E-state index contributed by atoms with van der Waals surface area (Å²) in [5.41, 5.74) is 4.19. The van der Waals surface area contributed by atoms with Gasteiger partial charge in [-0.05, 0) is 42.8 Å². The van der Waals surface area contributed by atoms with E-state index in [0.717, 1.165) is 21.4 Å². The lowest BCUT2D eigenvalue weighted by atomic mass is 10.1. The van der Waals surface area contributed by atoms with Crippen LogP contribution in [-0.4, -0.2) is 4.98 Å². The van der Waals surface area contributed by atoms with Gasteiger partial charge in [-0.3, -0.25) is 4.98 Å². The van der Waals surface area contributed by atoms with Crippen LogP contribution in [-0.2, 0) is 6.54 Å². The molecular weight excluding hydrogens is 348 g/mol. The van der Waals surface area contributed by atoms with Gasteiger partial charge in [0.2, 0.25) is 0 Å². The number of anilines is 1. The number of halogens is 2. The topological polar surface area (TPSA) is 24.9 Å². The Kier molecular flexibility index (Phi) is 4.13. The highest BCUT2D eigenvalue weighted by molar-refractivity contribution is 9.10. The van der Waals surface area contributed by atoms with Crippen LogP contribution in [0.25, 0.3) is 10.9 Å². The Morgan fingerprint density at radius 3 is 2.76 bits per heavy atom. The van der Waals surface area contributed by atoms with E-state index in [1.165, 1.54) is 10.9 Å². The molecule has 0 saturated carbocycles. The molecule has 0 aliphatic carbocycles. The molecule has 0 fully saturated rings. The molecule has 0 saturated heterocycles. The van der Waals surface area contributed by atoms with Gasteiger partial charge >= 0.3 is 0 Å². The first kappa shape index (κ1) is 14.4. The maximum atomic E-state index is 6.24. The molecule has 0 aliphatic rings. The van der Waals surface area contributed by atoms with Gasteiger partial charge in [0, 0.05) is 22.1 Å². The SMILES string of the molecule is Cc1cc(CNc2ccc(Br)cc2Cl)c2ccccc2n1. The molecule has 0 atom stereocenters. The summed E-state index contributed by atoms with van der Waals surface area (Å²) in [6.07, 6.45) is 0. The number of nitrogens with zero attached hydrogens (tertiary/aromatic N) is 1. The van der Waals surface area contributed by atoms with Crippen molar-refractivity contribution in [2.45, 2.75) is 13.5 Å². The van der Waals surface area contributed by atoms with E-state index in [-0.39, 0.29) is 0 Å². The van der Waals surface area contributed by atoms with Gasteiger partial charge < -0.3 is 5.32 Å². The second kappa shape index (κ2) is 6.04. The zero-order valence-corrected chi connectivity index (χ0v) is 13.9. The van der Waals surface area contributed by atoms with E-state index in [1.54, 1.807) is 0 Å². The molecule has 0 amide bonds. The van der Waals surface area contributed by atoms with Gasteiger partial charge in [0.1, 0.15) is 0 Å². The van der Waals surface area contributed by atoms with Crippen molar-refractivity contribution in [2.75, 3.05) is 5.32 Å². The third-order valence-corrected chi connectivity index (χ3v) is 4.14. The smallest absolute Gasteiger partial charge is 0.0708 e. The van der Waals surface area contributed by atoms with Crippen molar-refractivity contribution in [3.8, 4) is 0 Å². The van der Waals surface area contributed by atoms with E-state index >= 15 is 0 Å². The molecule has 1 aromatic heterocycles. The van der Waals surface area contributed by atoms with Crippen LogP contribution >= 0.6 is 27.5 Å². The lowest BCUT2D eigenvalue weighted by Crippen LogP contribution is -2.02. The molecule has 0 radical (unpaired) electrons. The van der Waals surface area contributed by atoms with Crippen molar-refractivity contribution in [3.63, 3.8) is 0 Å². The fraction of sp³-hybridized carbons (Fsp3) is 0.118. The van der Waals surface area contributed by atoms with Gasteiger partial charge in [0.05, 0.1) is 16.2 Å². The molecule has 1 heterocycles. The average Bonchev–Trinajstić information content (AvgIpc) is 2.46. The van der Waals surface area contributed by atoms with Crippen molar-refractivity contribution in [3.05, 3.63) is 69.3 Å². The van der Waals surface area contributed by atoms with Crippen LogP contribution in [0.2, 0.25) is 5.02 Å². The maximum Gasteiger partial charge on any atom is 0.0708 e. The Morgan fingerprint density at radius 1 is 1.14 bits per heavy atom. The van der Waals surface area contributed by atoms with E-state index in [2.05, 4.69) is 38.4 Å². The third-order valence-electron chi connectivity index (χ3n) is 3.33. The number of aryl methyl sites for hydroxylation is 1. The molecule has 4 heteroatoms. The number of rotatable bonds is 3. The highest BCUT2D eigenvalue weighted by atomic mass is 79.9. The van der Waals surface area contributed by atoms with E-state index in [1.807, 2.05) is 43.3 Å². The molecule has 3 rings (SSSR count). The van der Waals surface area contributed by atoms with Crippen LogP contribution in [0.15, 0.2) is 53.0 Å². The zero-order chi connectivity index (χ0) is 14.8. The zero-order valence-electron chi connectivity index (χ0n) is 11.5. The van der Waals surface area contributed by atoms with Crippen LogP contribution in [0.4, 0.5) is 5.69 Å². The Morgan fingerprint density at radius 2 is 1.95 bits per heavy atom. The molecule has 3 aromatic rings. The summed E-state index contributed by atoms with van der Waals surface area (Å²) in [7, 11) is 0. The number of hydrogen-bond acceptors (Lipinski definition) is 2. The monoisotopic (exact) mass is 360 g/mol. The van der Waals surface area contributed by atoms with Crippen LogP contribution in [0.5, 0.6) is 0 Å². The van der Waals surface area contributed by atoms with Crippen molar-refractivity contribution >= 4 is 44.1 Å². The van der Waals surface area contributed by atoms with Gasteiger partial charge in [0.25, 0.3) is 0 Å². The predicted octanol–water partition coefficient (Wildman–Crippen LogP) is 5.57. The first-order valence-electron chi connectivity index (χ1n) is 6.68. The molecule has 2 nitrogen and oxygen atoms in total. The molecule has 106 valence electrons. The molecule has 21 heavy (non-hydrogen) atoms. The standard InChI is InChI=1S/C17H14BrClN2/c1-11-8-12(14-4-2-3-5-16(14)21-11)10-20-17-7-6-13(18)9-15(17)19/h2-9,20H,10H2,1H3. The predicted molar refractivity (Wildman–Crippen MR) is 93.0 cm³/mol. The molecular formula is C17H14BrClN2. The molecule has 1 N–H and O–H groups in total.